The van der Waals surface area contributed by atoms with Gasteiger partial charge in [-0.2, -0.15) is 5.10 Å². The van der Waals surface area contributed by atoms with Crippen molar-refractivity contribution in [3.63, 3.8) is 0 Å². The van der Waals surface area contributed by atoms with Gasteiger partial charge in [0.1, 0.15) is 0 Å². The molecule has 0 saturated heterocycles. The maximum absolute atomic E-state index is 11.6. The molecule has 2 fully saturated rings. The molecule has 0 aliphatic heterocycles. The van der Waals surface area contributed by atoms with E-state index in [1.54, 1.807) is 12.4 Å². The number of H-pyrrole nitrogens is 1. The van der Waals surface area contributed by atoms with Crippen molar-refractivity contribution in [2.75, 3.05) is 0 Å². The van der Waals surface area contributed by atoms with Crippen LogP contribution >= 0.6 is 0 Å². The molecule has 4 heteroatoms. The second kappa shape index (κ2) is 2.83. The monoisotopic (exact) mass is 191 g/mol. The van der Waals surface area contributed by atoms with Crippen LogP contribution in [0.2, 0.25) is 0 Å². The molecule has 2 aliphatic carbocycles. The van der Waals surface area contributed by atoms with Gasteiger partial charge in [0.15, 0.2) is 0 Å². The summed E-state index contributed by atoms with van der Waals surface area (Å²) in [5.41, 5.74) is 0.630. The highest BCUT2D eigenvalue weighted by atomic mass is 16.1. The molecule has 1 amide bonds. The Hall–Kier alpha value is -1.32. The Kier molecular flexibility index (Phi) is 1.63. The Morgan fingerprint density at radius 1 is 1.43 bits per heavy atom. The van der Waals surface area contributed by atoms with Crippen molar-refractivity contribution in [2.45, 2.75) is 25.3 Å². The van der Waals surface area contributed by atoms with E-state index in [1.807, 2.05) is 0 Å². The van der Waals surface area contributed by atoms with Gasteiger partial charge in [0.25, 0.3) is 5.91 Å². The molecule has 1 aromatic heterocycles. The lowest BCUT2D eigenvalue weighted by atomic mass is 10.1. The van der Waals surface area contributed by atoms with Gasteiger partial charge in [-0.1, -0.05) is 0 Å². The predicted molar refractivity (Wildman–Crippen MR) is 50.7 cm³/mol. The van der Waals surface area contributed by atoms with E-state index < -0.39 is 0 Å². The molecule has 2 unspecified atom stereocenters. The van der Waals surface area contributed by atoms with E-state index in [0.717, 1.165) is 11.8 Å². The van der Waals surface area contributed by atoms with Crippen LogP contribution in [-0.2, 0) is 0 Å². The Bertz CT molecular complexity index is 336. The van der Waals surface area contributed by atoms with Gasteiger partial charge >= 0.3 is 0 Å². The van der Waals surface area contributed by atoms with Crippen LogP contribution in [0.5, 0.6) is 0 Å². The van der Waals surface area contributed by atoms with Crippen LogP contribution in [0, 0.1) is 11.8 Å². The highest BCUT2D eigenvalue weighted by Crippen LogP contribution is 2.51. The number of amides is 1. The smallest absolute Gasteiger partial charge is 0.254 e. The standard InChI is InChI=1S/C10H13N3O/c14-10(8-4-11-12-5-8)13-9-2-6-1-7(6)3-9/h4-7,9H,1-3H2,(H,11,12)(H,13,14). The fourth-order valence-electron chi connectivity index (χ4n) is 2.48. The van der Waals surface area contributed by atoms with E-state index in [1.165, 1.54) is 19.3 Å². The van der Waals surface area contributed by atoms with E-state index in [9.17, 15) is 4.79 Å². The third kappa shape index (κ3) is 1.31. The van der Waals surface area contributed by atoms with Gasteiger partial charge in [-0.05, 0) is 31.1 Å². The van der Waals surface area contributed by atoms with Crippen molar-refractivity contribution in [3.05, 3.63) is 18.0 Å². The van der Waals surface area contributed by atoms with Crippen molar-refractivity contribution in [1.82, 2.24) is 15.5 Å². The summed E-state index contributed by atoms with van der Waals surface area (Å²) in [5.74, 6) is 1.82. The summed E-state index contributed by atoms with van der Waals surface area (Å²) in [6.45, 7) is 0. The fourth-order valence-corrected chi connectivity index (χ4v) is 2.48. The molecule has 0 spiro atoms. The molecule has 2 N–H and O–H groups in total. The van der Waals surface area contributed by atoms with E-state index in [0.29, 0.717) is 11.6 Å². The maximum atomic E-state index is 11.6. The van der Waals surface area contributed by atoms with Gasteiger partial charge in [0, 0.05) is 12.2 Å². The highest BCUT2D eigenvalue weighted by Gasteiger charge is 2.46. The molecule has 0 aromatic carbocycles. The summed E-state index contributed by atoms with van der Waals surface area (Å²) in [7, 11) is 0. The zero-order valence-corrected chi connectivity index (χ0v) is 7.86. The van der Waals surface area contributed by atoms with Gasteiger partial charge < -0.3 is 5.32 Å². The maximum Gasteiger partial charge on any atom is 0.254 e. The minimum Gasteiger partial charge on any atom is -0.349 e. The molecule has 3 rings (SSSR count). The van der Waals surface area contributed by atoms with Crippen LogP contribution in [0.4, 0.5) is 0 Å². The molecule has 0 bridgehead atoms. The number of carbonyl (C=O) groups excluding carboxylic acids is 1. The minimum absolute atomic E-state index is 0.00468. The summed E-state index contributed by atoms with van der Waals surface area (Å²) in [6, 6.07) is 0.404. The van der Waals surface area contributed by atoms with Crippen molar-refractivity contribution < 1.29 is 4.79 Å². The number of carbonyl (C=O) groups is 1. The molecule has 2 atom stereocenters. The van der Waals surface area contributed by atoms with E-state index >= 15 is 0 Å². The first kappa shape index (κ1) is 8.03. The van der Waals surface area contributed by atoms with Crippen molar-refractivity contribution in [2.24, 2.45) is 11.8 Å². The van der Waals surface area contributed by atoms with Crippen molar-refractivity contribution in [1.29, 1.82) is 0 Å². The molecular formula is C10H13N3O. The largest absolute Gasteiger partial charge is 0.349 e. The summed E-state index contributed by atoms with van der Waals surface area (Å²) in [4.78, 5) is 11.6. The molecule has 4 nitrogen and oxygen atoms in total. The Morgan fingerprint density at radius 3 is 2.86 bits per heavy atom. The zero-order valence-electron chi connectivity index (χ0n) is 7.86. The second-order valence-corrected chi connectivity index (χ2v) is 4.38. The minimum atomic E-state index is 0.00468. The quantitative estimate of drug-likeness (QED) is 0.730. The van der Waals surface area contributed by atoms with Crippen LogP contribution in [0.15, 0.2) is 12.4 Å². The van der Waals surface area contributed by atoms with Crippen LogP contribution in [-0.4, -0.2) is 22.1 Å². The summed E-state index contributed by atoms with van der Waals surface area (Å²) < 4.78 is 0. The normalized spacial score (nSPS) is 33.9. The first-order chi connectivity index (χ1) is 6.83. The highest BCUT2D eigenvalue weighted by molar-refractivity contribution is 5.93. The van der Waals surface area contributed by atoms with Crippen LogP contribution < -0.4 is 5.32 Å². The van der Waals surface area contributed by atoms with Gasteiger partial charge in [0.05, 0.1) is 11.8 Å². The molecule has 1 aromatic rings. The average molecular weight is 191 g/mol. The number of nitrogens with zero attached hydrogens (tertiary/aromatic N) is 1. The number of rotatable bonds is 2. The lowest BCUT2D eigenvalue weighted by Crippen LogP contribution is -2.33. The molecule has 14 heavy (non-hydrogen) atoms. The van der Waals surface area contributed by atoms with E-state index in [-0.39, 0.29) is 5.91 Å². The first-order valence-electron chi connectivity index (χ1n) is 5.12. The third-order valence-corrected chi connectivity index (χ3v) is 3.34. The first-order valence-corrected chi connectivity index (χ1v) is 5.12. The number of aromatic amines is 1. The van der Waals surface area contributed by atoms with Gasteiger partial charge in [-0.3, -0.25) is 9.89 Å². The SMILES string of the molecule is O=C(NC1CC2CC2C1)c1cn[nH]c1. The lowest BCUT2D eigenvalue weighted by Gasteiger charge is -2.12. The number of hydrogen-bond acceptors (Lipinski definition) is 2. The summed E-state index contributed by atoms with van der Waals surface area (Å²) in [6.07, 6.45) is 6.93. The Balaban J connectivity index is 1.60. The zero-order chi connectivity index (χ0) is 9.54. The fraction of sp³-hybridized carbons (Fsp3) is 0.600. The summed E-state index contributed by atoms with van der Waals surface area (Å²) >= 11 is 0. The number of hydrogen-bond donors (Lipinski definition) is 2. The molecule has 1 heterocycles. The molecular weight excluding hydrogens is 178 g/mol. The Morgan fingerprint density at radius 2 is 2.21 bits per heavy atom. The number of aromatic nitrogens is 2. The van der Waals surface area contributed by atoms with Gasteiger partial charge in [0.2, 0.25) is 0 Å². The van der Waals surface area contributed by atoms with E-state index in [2.05, 4.69) is 15.5 Å². The van der Waals surface area contributed by atoms with Crippen LogP contribution in [0.25, 0.3) is 0 Å². The summed E-state index contributed by atoms with van der Waals surface area (Å²) in [5, 5.41) is 9.44. The second-order valence-electron chi connectivity index (χ2n) is 4.38. The number of nitrogens with one attached hydrogen (secondary N) is 2. The van der Waals surface area contributed by atoms with Gasteiger partial charge in [-0.25, -0.2) is 0 Å². The number of fused-ring (bicyclic) bond motifs is 1. The van der Waals surface area contributed by atoms with Gasteiger partial charge in [-0.15, -0.1) is 0 Å². The molecule has 2 aliphatic rings. The van der Waals surface area contributed by atoms with Crippen LogP contribution in [0.3, 0.4) is 0 Å². The molecule has 74 valence electrons. The van der Waals surface area contributed by atoms with E-state index in [4.69, 9.17) is 0 Å². The van der Waals surface area contributed by atoms with Crippen molar-refractivity contribution >= 4 is 5.91 Å². The average Bonchev–Trinajstić information content (AvgIpc) is 2.69. The van der Waals surface area contributed by atoms with Crippen molar-refractivity contribution in [3.8, 4) is 0 Å². The molecule has 2 saturated carbocycles. The lowest BCUT2D eigenvalue weighted by molar-refractivity contribution is 0.0935. The predicted octanol–water partition coefficient (Wildman–Crippen LogP) is 0.938. The van der Waals surface area contributed by atoms with Crippen LogP contribution in [0.1, 0.15) is 29.6 Å². The third-order valence-electron chi connectivity index (χ3n) is 3.34. The molecule has 0 radical (unpaired) electrons. The topological polar surface area (TPSA) is 57.8 Å². The Labute approximate surface area is 82.1 Å².